The molecule has 0 radical (unpaired) electrons. The molecule has 4 rings (SSSR count). The zero-order valence-electron chi connectivity index (χ0n) is 17.4. The van der Waals surface area contributed by atoms with E-state index in [-0.39, 0.29) is 24.8 Å². The van der Waals surface area contributed by atoms with E-state index in [2.05, 4.69) is 30.2 Å². The van der Waals surface area contributed by atoms with E-state index in [4.69, 9.17) is 0 Å². The van der Waals surface area contributed by atoms with Crippen LogP contribution in [0.4, 0.5) is 19.0 Å². The van der Waals surface area contributed by atoms with Crippen molar-refractivity contribution in [3.05, 3.63) is 72.2 Å². The lowest BCUT2D eigenvalue weighted by Gasteiger charge is -2.17. The standard InChI is InChI=1S/C22H19F3N6.H2S/c1-13(16-4-3-5-17-18(22(23,24)25)6-7-26-21(16)17)9-29-20-8-19(30-12-31-20)15-10-27-14(2)28-11-15;/h3-8,10-13H,9H2,1-2H3,(H,29,30,31);1H2/t13-;/m1./s1. The molecule has 3 heterocycles. The molecule has 4 aromatic rings. The number of para-hydroxylation sites is 1. The van der Waals surface area contributed by atoms with Crippen LogP contribution in [0, 0.1) is 6.92 Å². The molecular weight excluding hydrogens is 437 g/mol. The summed E-state index contributed by atoms with van der Waals surface area (Å²) >= 11 is 0. The van der Waals surface area contributed by atoms with Gasteiger partial charge in [-0.3, -0.25) is 4.98 Å². The van der Waals surface area contributed by atoms with E-state index in [0.29, 0.717) is 29.4 Å². The molecule has 0 fully saturated rings. The molecule has 1 atom stereocenters. The van der Waals surface area contributed by atoms with E-state index in [1.54, 1.807) is 37.5 Å². The molecule has 0 amide bonds. The Morgan fingerprint density at radius 1 is 1.00 bits per heavy atom. The Bertz CT molecular complexity index is 1210. The minimum atomic E-state index is -4.43. The fourth-order valence-electron chi connectivity index (χ4n) is 3.35. The highest BCUT2D eigenvalue weighted by Crippen LogP contribution is 2.36. The van der Waals surface area contributed by atoms with Crippen LogP contribution < -0.4 is 5.32 Å². The van der Waals surface area contributed by atoms with Crippen LogP contribution in [0.3, 0.4) is 0 Å². The Balaban J connectivity index is 0.00000289. The first kappa shape index (κ1) is 23.4. The number of anilines is 1. The van der Waals surface area contributed by atoms with Crippen LogP contribution in [0.15, 0.2) is 55.2 Å². The molecule has 0 unspecified atom stereocenters. The highest BCUT2D eigenvalue weighted by molar-refractivity contribution is 7.59. The summed E-state index contributed by atoms with van der Waals surface area (Å²) in [6.45, 7) is 4.19. The molecule has 0 saturated heterocycles. The Morgan fingerprint density at radius 2 is 1.75 bits per heavy atom. The van der Waals surface area contributed by atoms with E-state index in [1.165, 1.54) is 18.6 Å². The second-order valence-electron chi connectivity index (χ2n) is 7.19. The third-order valence-corrected chi connectivity index (χ3v) is 4.97. The summed E-state index contributed by atoms with van der Waals surface area (Å²) in [4.78, 5) is 21.1. The maximum atomic E-state index is 13.4. The molecule has 32 heavy (non-hydrogen) atoms. The minimum Gasteiger partial charge on any atom is -0.369 e. The van der Waals surface area contributed by atoms with Crippen molar-refractivity contribution < 1.29 is 13.2 Å². The number of nitrogens with zero attached hydrogens (tertiary/aromatic N) is 5. The van der Waals surface area contributed by atoms with Gasteiger partial charge in [-0.25, -0.2) is 19.9 Å². The van der Waals surface area contributed by atoms with Crippen LogP contribution in [0.25, 0.3) is 22.2 Å². The first-order chi connectivity index (χ1) is 14.8. The number of pyridine rings is 1. The van der Waals surface area contributed by atoms with E-state index in [1.807, 2.05) is 6.92 Å². The number of aryl methyl sites for hydroxylation is 1. The van der Waals surface area contributed by atoms with Crippen LogP contribution in [0.5, 0.6) is 0 Å². The Kier molecular flexibility index (Phi) is 6.93. The zero-order chi connectivity index (χ0) is 22.0. The Morgan fingerprint density at radius 3 is 2.47 bits per heavy atom. The minimum absolute atomic E-state index is 0. The predicted molar refractivity (Wildman–Crippen MR) is 122 cm³/mol. The van der Waals surface area contributed by atoms with Gasteiger partial charge in [0.1, 0.15) is 18.0 Å². The highest BCUT2D eigenvalue weighted by Gasteiger charge is 2.33. The van der Waals surface area contributed by atoms with Gasteiger partial charge in [-0.05, 0) is 18.6 Å². The molecule has 0 aliphatic heterocycles. The molecule has 0 aliphatic carbocycles. The second-order valence-corrected chi connectivity index (χ2v) is 7.19. The van der Waals surface area contributed by atoms with Gasteiger partial charge in [0, 0.05) is 48.1 Å². The highest BCUT2D eigenvalue weighted by atomic mass is 32.1. The van der Waals surface area contributed by atoms with Crippen molar-refractivity contribution in [3.8, 4) is 11.3 Å². The molecule has 0 saturated carbocycles. The summed E-state index contributed by atoms with van der Waals surface area (Å²) in [6.07, 6.45) is 1.60. The molecule has 1 N–H and O–H groups in total. The molecular formula is C22H21F3N6S. The lowest BCUT2D eigenvalue weighted by molar-refractivity contribution is -0.136. The number of aromatic nitrogens is 5. The van der Waals surface area contributed by atoms with Gasteiger partial charge in [0.15, 0.2) is 0 Å². The number of rotatable bonds is 5. The number of halogens is 3. The van der Waals surface area contributed by atoms with Gasteiger partial charge >= 0.3 is 6.18 Å². The van der Waals surface area contributed by atoms with Gasteiger partial charge in [0.05, 0.1) is 16.8 Å². The van der Waals surface area contributed by atoms with Gasteiger partial charge in [-0.15, -0.1) is 0 Å². The molecule has 0 spiro atoms. The van der Waals surface area contributed by atoms with Crippen molar-refractivity contribution in [1.29, 1.82) is 0 Å². The average molecular weight is 459 g/mol. The predicted octanol–water partition coefficient (Wildman–Crippen LogP) is 5.14. The van der Waals surface area contributed by atoms with Crippen molar-refractivity contribution >= 4 is 30.2 Å². The van der Waals surface area contributed by atoms with E-state index >= 15 is 0 Å². The van der Waals surface area contributed by atoms with Crippen LogP contribution in [-0.2, 0) is 6.18 Å². The second kappa shape index (κ2) is 9.47. The number of alkyl halides is 3. The van der Waals surface area contributed by atoms with Gasteiger partial charge in [0.25, 0.3) is 0 Å². The first-order valence-electron chi connectivity index (χ1n) is 9.62. The zero-order valence-corrected chi connectivity index (χ0v) is 18.4. The lowest BCUT2D eigenvalue weighted by atomic mass is 9.96. The van der Waals surface area contributed by atoms with Gasteiger partial charge in [0.2, 0.25) is 0 Å². The van der Waals surface area contributed by atoms with Crippen LogP contribution in [0.2, 0.25) is 0 Å². The smallest absolute Gasteiger partial charge is 0.369 e. The molecule has 166 valence electrons. The Hall–Kier alpha value is -3.27. The van der Waals surface area contributed by atoms with Crippen molar-refractivity contribution in [2.75, 3.05) is 11.9 Å². The maximum absolute atomic E-state index is 13.4. The summed E-state index contributed by atoms with van der Waals surface area (Å²) in [5, 5.41) is 3.33. The molecule has 0 aliphatic rings. The number of benzene rings is 1. The largest absolute Gasteiger partial charge is 0.417 e. The SMILES string of the molecule is Cc1ncc(-c2cc(NC[C@@H](C)c3cccc4c(C(F)(F)F)ccnc34)ncn2)cn1.S. The molecule has 3 aromatic heterocycles. The Labute approximate surface area is 189 Å². The van der Waals surface area contributed by atoms with Gasteiger partial charge < -0.3 is 5.32 Å². The topological polar surface area (TPSA) is 76.5 Å². The van der Waals surface area contributed by atoms with E-state index in [9.17, 15) is 13.2 Å². The number of fused-ring (bicyclic) bond motifs is 1. The lowest BCUT2D eigenvalue weighted by Crippen LogP contribution is -2.12. The average Bonchev–Trinajstić information content (AvgIpc) is 2.76. The monoisotopic (exact) mass is 458 g/mol. The summed E-state index contributed by atoms with van der Waals surface area (Å²) < 4.78 is 40.1. The first-order valence-corrected chi connectivity index (χ1v) is 9.62. The summed E-state index contributed by atoms with van der Waals surface area (Å²) in [7, 11) is 0. The molecule has 10 heteroatoms. The number of hydrogen-bond acceptors (Lipinski definition) is 6. The summed E-state index contributed by atoms with van der Waals surface area (Å²) in [6, 6.07) is 7.67. The van der Waals surface area contributed by atoms with Crippen LogP contribution >= 0.6 is 13.5 Å². The van der Waals surface area contributed by atoms with Crippen LogP contribution in [-0.4, -0.2) is 31.5 Å². The summed E-state index contributed by atoms with van der Waals surface area (Å²) in [5.41, 5.74) is 1.85. The van der Waals surface area contributed by atoms with Gasteiger partial charge in [-0.2, -0.15) is 26.7 Å². The third-order valence-electron chi connectivity index (χ3n) is 4.97. The van der Waals surface area contributed by atoms with Crippen LogP contribution in [0.1, 0.15) is 29.8 Å². The fraction of sp³-hybridized carbons (Fsp3) is 0.227. The van der Waals surface area contributed by atoms with E-state index < -0.39 is 11.7 Å². The normalized spacial score (nSPS) is 12.3. The molecule has 6 nitrogen and oxygen atoms in total. The van der Waals surface area contributed by atoms with Crippen molar-refractivity contribution in [2.24, 2.45) is 0 Å². The fourth-order valence-corrected chi connectivity index (χ4v) is 3.35. The third kappa shape index (κ3) is 4.96. The maximum Gasteiger partial charge on any atom is 0.417 e. The summed E-state index contributed by atoms with van der Waals surface area (Å²) in [5.74, 6) is 1.16. The molecule has 1 aromatic carbocycles. The quantitative estimate of drug-likeness (QED) is 0.446. The van der Waals surface area contributed by atoms with Crippen molar-refractivity contribution in [1.82, 2.24) is 24.9 Å². The van der Waals surface area contributed by atoms with Crippen molar-refractivity contribution in [2.45, 2.75) is 25.9 Å². The molecule has 0 bridgehead atoms. The van der Waals surface area contributed by atoms with Crippen molar-refractivity contribution in [3.63, 3.8) is 0 Å². The number of nitrogens with one attached hydrogen (secondary N) is 1. The van der Waals surface area contributed by atoms with Gasteiger partial charge in [-0.1, -0.05) is 25.1 Å². The number of hydrogen-bond donors (Lipinski definition) is 1. The van der Waals surface area contributed by atoms with E-state index in [0.717, 1.165) is 17.2 Å².